The van der Waals surface area contributed by atoms with Crippen LogP contribution in [-0.4, -0.2) is 59.2 Å². The Bertz CT molecular complexity index is 1740. The second kappa shape index (κ2) is 13.3. The Labute approximate surface area is 277 Å². The summed E-state index contributed by atoms with van der Waals surface area (Å²) < 4.78 is 113. The summed E-state index contributed by atoms with van der Waals surface area (Å²) in [6.45, 7) is 5.64. The maximum atomic E-state index is 15.2. The van der Waals surface area contributed by atoms with Crippen molar-refractivity contribution in [1.29, 1.82) is 0 Å². The Hall–Kier alpha value is -4.08. The Balaban J connectivity index is 1.54. The number of nitrogens with zero attached hydrogens (tertiary/aromatic N) is 3. The summed E-state index contributed by atoms with van der Waals surface area (Å²) in [6, 6.07) is 4.13. The first-order valence-electron chi connectivity index (χ1n) is 15.2. The van der Waals surface area contributed by atoms with Crippen LogP contribution in [0.4, 0.5) is 30.7 Å². The molecule has 264 valence electrons. The Kier molecular flexibility index (Phi) is 9.85. The summed E-state index contributed by atoms with van der Waals surface area (Å²) in [6.07, 6.45) is -10.0. The van der Waals surface area contributed by atoms with E-state index in [-0.39, 0.29) is 46.3 Å². The van der Waals surface area contributed by atoms with Gasteiger partial charge in [-0.15, -0.1) is 0 Å². The molecule has 1 aromatic heterocycles. The van der Waals surface area contributed by atoms with Crippen molar-refractivity contribution in [2.75, 3.05) is 20.8 Å². The largest absolute Gasteiger partial charge is 0.493 e. The van der Waals surface area contributed by atoms with E-state index < -0.39 is 53.8 Å². The molecule has 5 rings (SSSR count). The van der Waals surface area contributed by atoms with E-state index in [4.69, 9.17) is 9.47 Å². The number of aromatic nitrogens is 2. The Morgan fingerprint density at radius 3 is 2.29 bits per heavy atom. The van der Waals surface area contributed by atoms with E-state index in [1.54, 1.807) is 6.92 Å². The van der Waals surface area contributed by atoms with E-state index in [0.29, 0.717) is 42.7 Å². The monoisotopic (exact) mass is 697 g/mol. The van der Waals surface area contributed by atoms with Crippen molar-refractivity contribution in [3.63, 3.8) is 0 Å². The minimum Gasteiger partial charge on any atom is -0.493 e. The van der Waals surface area contributed by atoms with Crippen LogP contribution in [0.2, 0.25) is 0 Å². The first kappa shape index (κ1) is 36.2. The van der Waals surface area contributed by atoms with Gasteiger partial charge in [0.15, 0.2) is 11.6 Å². The van der Waals surface area contributed by atoms with Crippen molar-refractivity contribution < 1.29 is 54.8 Å². The van der Waals surface area contributed by atoms with Crippen molar-refractivity contribution in [1.82, 2.24) is 14.9 Å². The minimum absolute atomic E-state index is 0.00406. The smallest absolute Gasteiger partial charge is 0.416 e. The summed E-state index contributed by atoms with van der Waals surface area (Å²) in [5.41, 5.74) is -1.76. The number of methoxy groups -OCH3 is 2. The van der Waals surface area contributed by atoms with Crippen LogP contribution in [-0.2, 0) is 21.8 Å². The number of halogens is 7. The molecule has 0 saturated carbocycles. The van der Waals surface area contributed by atoms with Crippen molar-refractivity contribution >= 4 is 11.5 Å². The molecule has 0 amide bonds. The molecule has 2 aliphatic rings. The quantitative estimate of drug-likeness (QED) is 0.197. The fraction of sp³-hybridized carbons (Fsp3) is 0.441. The fourth-order valence-corrected chi connectivity index (χ4v) is 6.30. The summed E-state index contributed by atoms with van der Waals surface area (Å²) in [4.78, 5) is 22.2. The number of carbonyl (C=O) groups excluding carboxylic acids is 1. The molecule has 1 aliphatic carbocycles. The maximum Gasteiger partial charge on any atom is 0.416 e. The number of alkyl halides is 6. The number of allylic oxidation sites excluding steroid dienone is 1. The molecular formula is C34H34F7N3O5. The van der Waals surface area contributed by atoms with Gasteiger partial charge in [-0.3, -0.25) is 0 Å². The molecule has 0 bridgehead atoms. The van der Waals surface area contributed by atoms with Gasteiger partial charge in [-0.1, -0.05) is 13.8 Å². The number of hydrogen-bond acceptors (Lipinski definition) is 8. The lowest BCUT2D eigenvalue weighted by Gasteiger charge is -2.36. The number of aliphatic hydroxyl groups is 1. The highest BCUT2D eigenvalue weighted by Crippen LogP contribution is 2.46. The van der Waals surface area contributed by atoms with E-state index in [1.165, 1.54) is 37.4 Å². The third-order valence-corrected chi connectivity index (χ3v) is 8.89. The number of esters is 1. The second-order valence-corrected chi connectivity index (χ2v) is 12.9. The van der Waals surface area contributed by atoms with Gasteiger partial charge in [0.25, 0.3) is 0 Å². The van der Waals surface area contributed by atoms with Crippen LogP contribution in [0.1, 0.15) is 78.9 Å². The average Bonchev–Trinajstić information content (AvgIpc) is 3.31. The van der Waals surface area contributed by atoms with Gasteiger partial charge < -0.3 is 19.3 Å². The first-order chi connectivity index (χ1) is 22.8. The van der Waals surface area contributed by atoms with E-state index in [0.717, 1.165) is 11.6 Å². The van der Waals surface area contributed by atoms with Crippen molar-refractivity contribution in [2.24, 2.45) is 5.41 Å². The van der Waals surface area contributed by atoms with Gasteiger partial charge in [-0.2, -0.15) is 26.3 Å². The predicted molar refractivity (Wildman–Crippen MR) is 162 cm³/mol. The van der Waals surface area contributed by atoms with Crippen LogP contribution in [0.25, 0.3) is 17.0 Å². The lowest BCUT2D eigenvalue weighted by atomic mass is 9.73. The molecule has 1 aliphatic heterocycles. The molecule has 2 heterocycles. The van der Waals surface area contributed by atoms with Gasteiger partial charge in [-0.05, 0) is 84.7 Å². The SMILES string of the molecule is COC(=O)c1ccc(-c2ncc(OC)c(C3=C(CN4C(O)O[C@H](c5cc(C(F)(F)F)cc(C(F)(F)F)c5)[C@@H]4C)CC(C)(C)CC3)n2)c(F)c1. The fourth-order valence-electron chi connectivity index (χ4n) is 6.30. The second-order valence-electron chi connectivity index (χ2n) is 12.9. The van der Waals surface area contributed by atoms with Gasteiger partial charge >= 0.3 is 18.3 Å². The van der Waals surface area contributed by atoms with Crippen LogP contribution in [0.3, 0.4) is 0 Å². The molecule has 8 nitrogen and oxygen atoms in total. The molecule has 3 atom stereocenters. The highest BCUT2D eigenvalue weighted by atomic mass is 19.4. The van der Waals surface area contributed by atoms with Crippen LogP contribution >= 0.6 is 0 Å². The first-order valence-corrected chi connectivity index (χ1v) is 15.2. The third-order valence-electron chi connectivity index (χ3n) is 8.89. The number of rotatable bonds is 7. The summed E-state index contributed by atoms with van der Waals surface area (Å²) in [5, 5.41) is 11.0. The zero-order valence-electron chi connectivity index (χ0n) is 27.2. The van der Waals surface area contributed by atoms with Crippen LogP contribution < -0.4 is 4.74 Å². The van der Waals surface area contributed by atoms with Crippen molar-refractivity contribution in [3.05, 3.63) is 81.9 Å². The van der Waals surface area contributed by atoms with E-state index in [2.05, 4.69) is 14.7 Å². The lowest BCUT2D eigenvalue weighted by Crippen LogP contribution is -2.38. The number of aliphatic hydroxyl groups excluding tert-OH is 1. The molecule has 2 aromatic carbocycles. The predicted octanol–water partition coefficient (Wildman–Crippen LogP) is 7.82. The van der Waals surface area contributed by atoms with Gasteiger partial charge in [0.05, 0.1) is 42.7 Å². The average molecular weight is 698 g/mol. The summed E-state index contributed by atoms with van der Waals surface area (Å²) >= 11 is 0. The number of benzene rings is 2. The van der Waals surface area contributed by atoms with Crippen molar-refractivity contribution in [3.8, 4) is 17.1 Å². The minimum atomic E-state index is -5.05. The van der Waals surface area contributed by atoms with Crippen LogP contribution in [0, 0.1) is 11.2 Å². The van der Waals surface area contributed by atoms with E-state index >= 15 is 4.39 Å². The lowest BCUT2D eigenvalue weighted by molar-refractivity contribution is -0.150. The highest BCUT2D eigenvalue weighted by molar-refractivity contribution is 5.90. The topological polar surface area (TPSA) is 94.0 Å². The Morgan fingerprint density at radius 2 is 1.71 bits per heavy atom. The summed E-state index contributed by atoms with van der Waals surface area (Å²) in [7, 11) is 2.59. The zero-order valence-corrected chi connectivity index (χ0v) is 27.2. The zero-order chi connectivity index (χ0) is 36.1. The molecule has 49 heavy (non-hydrogen) atoms. The Morgan fingerprint density at radius 1 is 1.06 bits per heavy atom. The molecule has 1 saturated heterocycles. The molecule has 0 spiro atoms. The molecule has 3 aromatic rings. The molecule has 1 N–H and O–H groups in total. The molecule has 15 heteroatoms. The summed E-state index contributed by atoms with van der Waals surface area (Å²) in [5.74, 6) is -1.21. The number of ether oxygens (including phenoxy) is 3. The van der Waals surface area contributed by atoms with Gasteiger partial charge in [0.1, 0.15) is 17.6 Å². The van der Waals surface area contributed by atoms with Gasteiger partial charge in [0, 0.05) is 12.6 Å². The van der Waals surface area contributed by atoms with Gasteiger partial charge in [0.2, 0.25) is 6.41 Å². The van der Waals surface area contributed by atoms with Crippen LogP contribution in [0.5, 0.6) is 5.75 Å². The molecule has 0 radical (unpaired) electrons. The number of hydrogen-bond donors (Lipinski definition) is 1. The van der Waals surface area contributed by atoms with Crippen LogP contribution in [0.15, 0.2) is 48.2 Å². The number of carbonyl (C=O) groups is 1. The van der Waals surface area contributed by atoms with Gasteiger partial charge in [-0.25, -0.2) is 24.1 Å². The highest BCUT2D eigenvalue weighted by Gasteiger charge is 2.44. The van der Waals surface area contributed by atoms with Crippen molar-refractivity contribution in [2.45, 2.75) is 70.9 Å². The normalized spacial score (nSPS) is 21.6. The molecular weight excluding hydrogens is 663 g/mol. The molecule has 1 unspecified atom stereocenters. The van der Waals surface area contributed by atoms with E-state index in [1.807, 2.05) is 13.8 Å². The third kappa shape index (κ3) is 7.58. The van der Waals surface area contributed by atoms with E-state index in [9.17, 15) is 36.2 Å². The maximum absolute atomic E-state index is 15.2. The molecule has 1 fully saturated rings. The standard InChI is InChI=1S/C34H34F7N3O5/c1-17-28(19-10-21(33(36,37)38)13-22(11-19)34(39,40)41)49-31(46)44(17)16-20-14-32(2,3)9-8-23(20)27-26(47-4)15-42-29(43-27)24-7-6-18(12-25(24)35)30(45)48-5/h6-7,10-13,15,17,28,31,46H,8-9,14,16H2,1-5H3/t17-,28-,31?/m0/s1.